The number of carbonyl (C=O) groups excluding carboxylic acids is 1. The highest BCUT2D eigenvalue weighted by Gasteiger charge is 2.61. The fourth-order valence-corrected chi connectivity index (χ4v) is 6.05. The number of aromatic nitrogens is 3. The molecule has 2 aliphatic rings. The van der Waals surface area contributed by atoms with Gasteiger partial charge in [0.2, 0.25) is 5.91 Å². The summed E-state index contributed by atoms with van der Waals surface area (Å²) in [6, 6.07) is 2.15. The van der Waals surface area contributed by atoms with E-state index < -0.39 is 0 Å². The maximum absolute atomic E-state index is 12.7. The van der Waals surface area contributed by atoms with Gasteiger partial charge < -0.3 is 9.73 Å². The van der Waals surface area contributed by atoms with E-state index in [1.54, 1.807) is 6.26 Å². The highest BCUT2D eigenvalue weighted by molar-refractivity contribution is 7.99. The minimum atomic E-state index is 0.0683. The molecule has 3 unspecified atom stereocenters. The summed E-state index contributed by atoms with van der Waals surface area (Å²) in [5.41, 5.74) is 1.39. The fourth-order valence-electron chi connectivity index (χ4n) is 5.29. The number of rotatable bonds is 7. The molecule has 4 rings (SSSR count). The Kier molecular flexibility index (Phi) is 5.13. The Bertz CT molecular complexity index is 931. The van der Waals surface area contributed by atoms with Crippen molar-refractivity contribution in [1.82, 2.24) is 20.1 Å². The first-order valence-corrected chi connectivity index (χ1v) is 11.3. The molecule has 7 heteroatoms. The molecule has 0 radical (unpaired) electrons. The van der Waals surface area contributed by atoms with E-state index in [0.29, 0.717) is 23.6 Å². The van der Waals surface area contributed by atoms with E-state index in [1.807, 2.05) is 23.6 Å². The van der Waals surface area contributed by atoms with Gasteiger partial charge in [0.05, 0.1) is 17.6 Å². The summed E-state index contributed by atoms with van der Waals surface area (Å²) < 4.78 is 7.38. The topological polar surface area (TPSA) is 73.0 Å². The SMILES string of the molecule is C=CCn1c(SCC(=O)NC2CC3CCC2(C)C3(C)C)nnc1-c1ccoc1C. The summed E-state index contributed by atoms with van der Waals surface area (Å²) in [7, 11) is 0. The molecule has 6 nitrogen and oxygen atoms in total. The van der Waals surface area contributed by atoms with E-state index in [1.165, 1.54) is 24.6 Å². The van der Waals surface area contributed by atoms with Crippen molar-refractivity contribution in [3.63, 3.8) is 0 Å². The molecule has 0 aromatic carbocycles. The maximum Gasteiger partial charge on any atom is 0.230 e. The Morgan fingerprint density at radius 3 is 2.83 bits per heavy atom. The van der Waals surface area contributed by atoms with Gasteiger partial charge in [-0.2, -0.15) is 0 Å². The first kappa shape index (κ1) is 20.3. The number of furan rings is 1. The van der Waals surface area contributed by atoms with Crippen LogP contribution in [0.5, 0.6) is 0 Å². The van der Waals surface area contributed by atoms with Crippen molar-refractivity contribution in [2.45, 2.75) is 64.7 Å². The number of thioether (sulfide) groups is 1. The van der Waals surface area contributed by atoms with Gasteiger partial charge in [0.15, 0.2) is 11.0 Å². The van der Waals surface area contributed by atoms with Crippen LogP contribution in [-0.2, 0) is 11.3 Å². The number of carbonyl (C=O) groups is 1. The van der Waals surface area contributed by atoms with E-state index in [2.05, 4.69) is 42.9 Å². The van der Waals surface area contributed by atoms with E-state index in [9.17, 15) is 4.79 Å². The lowest BCUT2D eigenvalue weighted by Gasteiger charge is -2.39. The molecule has 29 heavy (non-hydrogen) atoms. The third-order valence-electron chi connectivity index (χ3n) is 7.59. The van der Waals surface area contributed by atoms with Gasteiger partial charge in [0, 0.05) is 12.6 Å². The second kappa shape index (κ2) is 7.35. The Hall–Kier alpha value is -2.02. The van der Waals surface area contributed by atoms with Crippen molar-refractivity contribution in [2.24, 2.45) is 16.7 Å². The number of hydrogen-bond acceptors (Lipinski definition) is 5. The summed E-state index contributed by atoms with van der Waals surface area (Å²) in [5.74, 6) is 2.64. The zero-order valence-corrected chi connectivity index (χ0v) is 18.5. The van der Waals surface area contributed by atoms with Crippen molar-refractivity contribution in [3.8, 4) is 11.4 Å². The molecule has 2 bridgehead atoms. The van der Waals surface area contributed by atoms with Crippen LogP contribution < -0.4 is 5.32 Å². The van der Waals surface area contributed by atoms with Gasteiger partial charge in [0.25, 0.3) is 0 Å². The molecular weight excluding hydrogens is 384 g/mol. The molecule has 0 saturated heterocycles. The van der Waals surface area contributed by atoms with Crippen LogP contribution in [0, 0.1) is 23.7 Å². The summed E-state index contributed by atoms with van der Waals surface area (Å²) >= 11 is 1.42. The number of hydrogen-bond donors (Lipinski definition) is 1. The molecule has 1 N–H and O–H groups in total. The van der Waals surface area contributed by atoms with Gasteiger partial charge in [-0.1, -0.05) is 38.6 Å². The summed E-state index contributed by atoms with van der Waals surface area (Å²) in [6.45, 7) is 13.4. The normalized spacial score (nSPS) is 27.3. The molecule has 2 aromatic rings. The van der Waals surface area contributed by atoms with Crippen molar-refractivity contribution >= 4 is 17.7 Å². The van der Waals surface area contributed by atoms with Crippen molar-refractivity contribution in [2.75, 3.05) is 5.75 Å². The monoisotopic (exact) mass is 414 g/mol. The first-order chi connectivity index (χ1) is 13.8. The molecule has 2 aromatic heterocycles. The molecule has 2 saturated carbocycles. The van der Waals surface area contributed by atoms with Gasteiger partial charge in [0.1, 0.15) is 5.76 Å². The quantitative estimate of drug-likeness (QED) is 0.535. The molecule has 2 fully saturated rings. The number of nitrogens with one attached hydrogen (secondary N) is 1. The number of fused-ring (bicyclic) bond motifs is 2. The van der Waals surface area contributed by atoms with Gasteiger partial charge in [-0.15, -0.1) is 16.8 Å². The number of aryl methyl sites for hydroxylation is 1. The zero-order valence-electron chi connectivity index (χ0n) is 17.7. The second-order valence-corrected chi connectivity index (χ2v) is 10.1. The Morgan fingerprint density at radius 1 is 1.45 bits per heavy atom. The molecular formula is C22H30N4O2S. The Morgan fingerprint density at radius 2 is 2.24 bits per heavy atom. The highest BCUT2D eigenvalue weighted by atomic mass is 32.2. The third-order valence-corrected chi connectivity index (χ3v) is 8.56. The van der Waals surface area contributed by atoms with E-state index in [4.69, 9.17) is 4.42 Å². The number of nitrogens with zero attached hydrogens (tertiary/aromatic N) is 3. The van der Waals surface area contributed by atoms with Crippen LogP contribution >= 0.6 is 11.8 Å². The lowest BCUT2D eigenvalue weighted by atomic mass is 9.69. The number of allylic oxidation sites excluding steroid dienone is 1. The largest absolute Gasteiger partial charge is 0.469 e. The van der Waals surface area contributed by atoms with Crippen molar-refractivity contribution < 1.29 is 9.21 Å². The standard InChI is InChI=1S/C22H30N4O2S/c1-6-10-26-19(16-8-11-28-14(16)2)24-25-20(26)29-13-18(27)23-17-12-15-7-9-22(17,5)21(15,3)4/h6,8,11,15,17H,1,7,9-10,12-13H2,2-5H3,(H,23,27). The van der Waals surface area contributed by atoms with Crippen LogP contribution in [0.3, 0.4) is 0 Å². The molecule has 156 valence electrons. The van der Waals surface area contributed by atoms with Gasteiger partial charge >= 0.3 is 0 Å². The van der Waals surface area contributed by atoms with E-state index in [-0.39, 0.29) is 17.4 Å². The zero-order chi connectivity index (χ0) is 20.8. The van der Waals surface area contributed by atoms with Gasteiger partial charge in [-0.25, -0.2) is 0 Å². The molecule has 2 aliphatic carbocycles. The fraction of sp³-hybridized carbons (Fsp3) is 0.591. The first-order valence-electron chi connectivity index (χ1n) is 10.3. The van der Waals surface area contributed by atoms with Crippen LogP contribution in [0.4, 0.5) is 0 Å². The summed E-state index contributed by atoms with van der Waals surface area (Å²) in [6.07, 6.45) is 7.03. The maximum atomic E-state index is 12.7. The Balaban J connectivity index is 1.43. The smallest absolute Gasteiger partial charge is 0.230 e. The van der Waals surface area contributed by atoms with Crippen LogP contribution in [-0.4, -0.2) is 32.5 Å². The summed E-state index contributed by atoms with van der Waals surface area (Å²) in [4.78, 5) is 12.7. The second-order valence-electron chi connectivity index (χ2n) is 9.12. The van der Waals surface area contributed by atoms with Crippen LogP contribution in [0.15, 0.2) is 34.6 Å². The molecule has 1 amide bonds. The molecule has 0 spiro atoms. The summed E-state index contributed by atoms with van der Waals surface area (Å²) in [5, 5.41) is 12.7. The lowest BCUT2D eigenvalue weighted by molar-refractivity contribution is -0.120. The third kappa shape index (κ3) is 3.23. The molecule has 0 aliphatic heterocycles. The average molecular weight is 415 g/mol. The predicted molar refractivity (Wildman–Crippen MR) is 115 cm³/mol. The molecule has 2 heterocycles. The van der Waals surface area contributed by atoms with E-state index in [0.717, 1.165) is 28.7 Å². The van der Waals surface area contributed by atoms with Crippen LogP contribution in [0.2, 0.25) is 0 Å². The lowest BCUT2D eigenvalue weighted by Crippen LogP contribution is -2.47. The molecule has 3 atom stereocenters. The van der Waals surface area contributed by atoms with E-state index >= 15 is 0 Å². The van der Waals surface area contributed by atoms with Gasteiger partial charge in [-0.3, -0.25) is 9.36 Å². The Labute approximate surface area is 176 Å². The van der Waals surface area contributed by atoms with Gasteiger partial charge in [-0.05, 0) is 49.0 Å². The predicted octanol–water partition coefficient (Wildman–Crippen LogP) is 4.46. The number of amides is 1. The van der Waals surface area contributed by atoms with Crippen molar-refractivity contribution in [3.05, 3.63) is 30.7 Å². The minimum absolute atomic E-state index is 0.0683. The van der Waals surface area contributed by atoms with Crippen LogP contribution in [0.25, 0.3) is 11.4 Å². The average Bonchev–Trinajstić information content (AvgIpc) is 3.36. The minimum Gasteiger partial charge on any atom is -0.469 e. The van der Waals surface area contributed by atoms with Crippen LogP contribution in [0.1, 0.15) is 45.8 Å². The highest BCUT2D eigenvalue weighted by Crippen LogP contribution is 2.65. The van der Waals surface area contributed by atoms with Crippen molar-refractivity contribution in [1.29, 1.82) is 0 Å².